The van der Waals surface area contributed by atoms with Gasteiger partial charge < -0.3 is 0 Å². The van der Waals surface area contributed by atoms with Gasteiger partial charge in [0.15, 0.2) is 10.8 Å². The zero-order valence-electron chi connectivity index (χ0n) is 24.3. The zero-order chi connectivity index (χ0) is 34.2. The molecule has 0 radical (unpaired) electrons. The first-order chi connectivity index (χ1) is 25.7. The molecule has 240 valence electrons. The highest BCUT2D eigenvalue weighted by atomic mass is 16.1. The van der Waals surface area contributed by atoms with Crippen LogP contribution in [0.5, 0.6) is 0 Å². The fourth-order valence-corrected chi connectivity index (χ4v) is 6.95. The van der Waals surface area contributed by atoms with Crippen molar-refractivity contribution >= 4 is 5.78 Å². The molecule has 0 aliphatic heterocycles. The highest BCUT2D eigenvalue weighted by molar-refractivity contribution is 6.04. The Kier molecular flexibility index (Phi) is 4.48. The van der Waals surface area contributed by atoms with E-state index < -0.39 is 28.3 Å². The minimum absolute atomic E-state index is 0.0325. The first-order valence-electron chi connectivity index (χ1n) is 14.2. The summed E-state index contributed by atoms with van der Waals surface area (Å²) in [5.41, 5.74) is -1.57. The Morgan fingerprint density at radius 3 is 0.769 bits per heavy atom. The van der Waals surface area contributed by atoms with Crippen LogP contribution in [0.15, 0.2) is 0 Å². The lowest BCUT2D eigenvalue weighted by Crippen LogP contribution is -2.33. The topological polar surface area (TPSA) is 404 Å². The second-order valence-corrected chi connectivity index (χ2v) is 11.0. The Hall–Kier alpha value is -8.67. The average molecular weight is 688 g/mol. The molecule has 4 aliphatic rings. The maximum atomic E-state index is 14.3. The molecule has 0 saturated heterocycles. The number of carbonyl (C=O) groups excluding carboxylic acids is 1. The van der Waals surface area contributed by atoms with Gasteiger partial charge in [0.1, 0.15) is 79.7 Å². The van der Waals surface area contributed by atoms with Crippen LogP contribution in [0.25, 0.3) is 45.6 Å². The van der Waals surface area contributed by atoms with Crippen LogP contribution in [-0.2, 0) is 10.8 Å². The largest absolute Gasteiger partial charge is 0.281 e. The fraction of sp³-hybridized carbons (Fsp3) is 0.0952. The monoisotopic (exact) mass is 688 g/mol. The van der Waals surface area contributed by atoms with Gasteiger partial charge in [0.2, 0.25) is 11.6 Å². The predicted molar refractivity (Wildman–Crippen MR) is 143 cm³/mol. The van der Waals surface area contributed by atoms with Crippen molar-refractivity contribution in [3.8, 4) is 45.6 Å². The third kappa shape index (κ3) is 2.79. The third-order valence-electron chi connectivity index (χ3n) is 8.84. The van der Waals surface area contributed by atoms with E-state index in [0.29, 0.717) is 0 Å². The molecule has 0 saturated carbocycles. The Labute approximate surface area is 278 Å². The number of rotatable bonds is 2. The predicted octanol–water partition coefficient (Wildman–Crippen LogP) is -6.55. The molecule has 0 atom stereocenters. The SMILES string of the molecule is O=C(c1nnc2c(n1)C1(c3nnnnc3-c3nnnnc31)c1nnnnc1-2)c1nnc2c(n1)C1(c3nnnnc3-c3nnnnc31)c1nnnnc1-2. The van der Waals surface area contributed by atoms with Gasteiger partial charge in [0, 0.05) is 0 Å². The molecule has 4 aliphatic carbocycles. The van der Waals surface area contributed by atoms with Gasteiger partial charge in [-0.05, 0) is 62.6 Å². The normalized spacial score (nSPS) is 14.9. The standard InChI is InChI=1S/C21N30O/c52-9(18-22-10-1(24-38-18)3-12(32-46-40-26-3)20(10)14-5(28-42-48-34-14)6-15(20)35-49-43-29-6)19-23-11-2(25-39-19)4-13(33-47-41-27-4)21(11)16-7(30-44-50-36-16)8-17(21)37-51-45-31-8. The van der Waals surface area contributed by atoms with Gasteiger partial charge in [-0.25, -0.2) is 9.97 Å². The molecule has 0 aromatic carbocycles. The maximum Gasteiger partial charge on any atom is 0.271 e. The average Bonchev–Trinajstić information content (AvgIpc) is 3.89. The van der Waals surface area contributed by atoms with Crippen molar-refractivity contribution in [1.29, 1.82) is 0 Å². The van der Waals surface area contributed by atoms with Gasteiger partial charge in [0.05, 0.1) is 11.4 Å². The van der Waals surface area contributed by atoms with E-state index in [0.717, 1.165) is 0 Å². The van der Waals surface area contributed by atoms with Crippen molar-refractivity contribution in [3.05, 3.63) is 57.2 Å². The molecule has 0 amide bonds. The first kappa shape index (κ1) is 26.3. The maximum absolute atomic E-state index is 14.3. The van der Waals surface area contributed by atoms with Gasteiger partial charge in [-0.15, -0.1) is 81.6 Å². The van der Waals surface area contributed by atoms with Crippen molar-refractivity contribution in [2.45, 2.75) is 10.8 Å². The molecule has 0 bridgehead atoms. The summed E-state index contributed by atoms with van der Waals surface area (Å²) < 4.78 is 0. The minimum atomic E-state index is -1.67. The molecule has 31 heteroatoms. The number of aromatic nitrogens is 30. The van der Waals surface area contributed by atoms with E-state index in [4.69, 9.17) is 0 Å². The molecule has 0 fully saturated rings. The van der Waals surface area contributed by atoms with Crippen molar-refractivity contribution < 1.29 is 4.79 Å². The fourth-order valence-electron chi connectivity index (χ4n) is 6.95. The molecule has 0 unspecified atom stereocenters. The van der Waals surface area contributed by atoms with Crippen LogP contribution in [0.1, 0.15) is 62.0 Å². The van der Waals surface area contributed by atoms with Crippen molar-refractivity contribution in [3.63, 3.8) is 0 Å². The van der Waals surface area contributed by atoms with Gasteiger partial charge in [0.25, 0.3) is 5.78 Å². The molecular formula is C21N30O. The zero-order valence-corrected chi connectivity index (χ0v) is 24.3. The number of carbonyl (C=O) groups is 1. The van der Waals surface area contributed by atoms with Crippen LogP contribution >= 0.6 is 0 Å². The van der Waals surface area contributed by atoms with Crippen LogP contribution in [0, 0.1) is 0 Å². The highest BCUT2D eigenvalue weighted by Gasteiger charge is 2.63. The van der Waals surface area contributed by atoms with E-state index in [9.17, 15) is 4.79 Å². The smallest absolute Gasteiger partial charge is 0.271 e. The van der Waals surface area contributed by atoms with Gasteiger partial charge >= 0.3 is 0 Å². The second-order valence-electron chi connectivity index (χ2n) is 11.0. The van der Waals surface area contributed by atoms with Crippen molar-refractivity contribution in [2.24, 2.45) is 0 Å². The van der Waals surface area contributed by atoms with Crippen LogP contribution < -0.4 is 0 Å². The summed E-state index contributed by atoms with van der Waals surface area (Å²) in [6.45, 7) is 0. The van der Waals surface area contributed by atoms with E-state index >= 15 is 0 Å². The number of ketones is 1. The summed E-state index contributed by atoms with van der Waals surface area (Å²) in [4.78, 5) is 23.6. The Morgan fingerprint density at radius 2 is 0.500 bits per heavy atom. The van der Waals surface area contributed by atoms with Gasteiger partial charge in [-0.2, -0.15) is 0 Å². The third-order valence-corrected chi connectivity index (χ3v) is 8.84. The molecule has 8 heterocycles. The molecule has 31 nitrogen and oxygen atoms in total. The van der Waals surface area contributed by atoms with Crippen LogP contribution in [-0.4, -0.2) is 160 Å². The van der Waals surface area contributed by atoms with E-state index in [1.807, 2.05) is 0 Å². The summed E-state index contributed by atoms with van der Waals surface area (Å²) in [5, 5.41) is 111. The quantitative estimate of drug-likeness (QED) is 0.152. The van der Waals surface area contributed by atoms with Crippen LogP contribution in [0.3, 0.4) is 0 Å². The van der Waals surface area contributed by atoms with Crippen molar-refractivity contribution in [2.75, 3.05) is 0 Å². The highest BCUT2D eigenvalue weighted by Crippen LogP contribution is 2.59. The molecule has 2 spiro atoms. The summed E-state index contributed by atoms with van der Waals surface area (Å²) in [6, 6.07) is 0. The Bertz CT molecular complexity index is 2610. The summed E-state index contributed by atoms with van der Waals surface area (Å²) in [6.07, 6.45) is 0. The number of hydrogen-bond donors (Lipinski definition) is 0. The second kappa shape index (κ2) is 8.86. The minimum Gasteiger partial charge on any atom is -0.281 e. The first-order valence-corrected chi connectivity index (χ1v) is 14.2. The lowest BCUT2D eigenvalue weighted by molar-refractivity contribution is 0.101. The van der Waals surface area contributed by atoms with Gasteiger partial charge in [-0.3, -0.25) is 4.79 Å². The number of hydrogen-bond acceptors (Lipinski definition) is 31. The molecule has 0 N–H and O–H groups in total. The molecular weight excluding hydrogens is 688 g/mol. The van der Waals surface area contributed by atoms with E-state index in [1.165, 1.54) is 0 Å². The van der Waals surface area contributed by atoms with Gasteiger partial charge in [-0.1, -0.05) is 0 Å². The molecule has 8 aromatic rings. The number of nitrogens with zero attached hydrogens (tertiary/aromatic N) is 30. The van der Waals surface area contributed by atoms with E-state index in [2.05, 4.69) is 154 Å². The molecule has 8 aromatic heterocycles. The van der Waals surface area contributed by atoms with Crippen molar-refractivity contribution in [1.82, 2.24) is 154 Å². The lowest BCUT2D eigenvalue weighted by Gasteiger charge is -2.22. The lowest BCUT2D eigenvalue weighted by atomic mass is 9.81. The Morgan fingerprint density at radius 1 is 0.269 bits per heavy atom. The molecule has 52 heavy (non-hydrogen) atoms. The summed E-state index contributed by atoms with van der Waals surface area (Å²) in [5.74, 6) is -1.90. The van der Waals surface area contributed by atoms with E-state index in [-0.39, 0.29) is 91.1 Å². The number of fused-ring (bicyclic) bond motifs is 20. The van der Waals surface area contributed by atoms with Crippen LogP contribution in [0.4, 0.5) is 0 Å². The van der Waals surface area contributed by atoms with Crippen LogP contribution in [0.2, 0.25) is 0 Å². The molecule has 12 rings (SSSR count). The van der Waals surface area contributed by atoms with E-state index in [1.54, 1.807) is 0 Å². The summed E-state index contributed by atoms with van der Waals surface area (Å²) >= 11 is 0. The summed E-state index contributed by atoms with van der Waals surface area (Å²) in [7, 11) is 0. The Balaban J connectivity index is 1.08.